The van der Waals surface area contributed by atoms with Crippen molar-refractivity contribution in [1.82, 2.24) is 5.32 Å². The predicted molar refractivity (Wildman–Crippen MR) is 76.1 cm³/mol. The molecule has 0 aromatic carbocycles. The maximum Gasteiger partial charge on any atom is 0.220 e. The highest BCUT2D eigenvalue weighted by Crippen LogP contribution is 2.67. The summed E-state index contributed by atoms with van der Waals surface area (Å²) >= 11 is 0. The van der Waals surface area contributed by atoms with Gasteiger partial charge in [0.25, 0.3) is 0 Å². The van der Waals surface area contributed by atoms with Gasteiger partial charge in [0.05, 0.1) is 0 Å². The van der Waals surface area contributed by atoms with Gasteiger partial charge in [-0.1, -0.05) is 34.6 Å². The molecule has 0 aromatic rings. The van der Waals surface area contributed by atoms with Gasteiger partial charge < -0.3 is 11.1 Å². The number of rotatable bonds is 7. The van der Waals surface area contributed by atoms with Crippen LogP contribution in [0.3, 0.4) is 0 Å². The molecule has 1 amide bonds. The summed E-state index contributed by atoms with van der Waals surface area (Å²) in [6.07, 6.45) is 2.59. The quantitative estimate of drug-likeness (QED) is 0.733. The second-order valence-electron chi connectivity index (χ2n) is 7.02. The number of hydrogen-bond acceptors (Lipinski definition) is 2. The Bertz CT molecular complexity index is 283. The van der Waals surface area contributed by atoms with Crippen molar-refractivity contribution in [3.63, 3.8) is 0 Å². The molecule has 1 fully saturated rings. The smallest absolute Gasteiger partial charge is 0.220 e. The molecule has 3 heteroatoms. The van der Waals surface area contributed by atoms with Crippen LogP contribution in [0.4, 0.5) is 0 Å². The van der Waals surface area contributed by atoms with E-state index in [0.29, 0.717) is 35.6 Å². The van der Waals surface area contributed by atoms with Gasteiger partial charge >= 0.3 is 0 Å². The van der Waals surface area contributed by atoms with Crippen LogP contribution < -0.4 is 11.1 Å². The van der Waals surface area contributed by atoms with E-state index in [4.69, 9.17) is 5.73 Å². The first kappa shape index (κ1) is 15.5. The normalized spacial score (nSPS) is 22.6. The maximum atomic E-state index is 11.8. The van der Waals surface area contributed by atoms with Gasteiger partial charge in [0, 0.05) is 13.0 Å². The van der Waals surface area contributed by atoms with E-state index in [0.717, 1.165) is 19.4 Å². The van der Waals surface area contributed by atoms with Crippen LogP contribution in [0.15, 0.2) is 0 Å². The van der Waals surface area contributed by atoms with Gasteiger partial charge in [-0.05, 0) is 42.1 Å². The maximum absolute atomic E-state index is 11.8. The van der Waals surface area contributed by atoms with Crippen LogP contribution >= 0.6 is 0 Å². The molecule has 1 rings (SSSR count). The van der Waals surface area contributed by atoms with Gasteiger partial charge in [-0.3, -0.25) is 4.79 Å². The minimum absolute atomic E-state index is 0.192. The van der Waals surface area contributed by atoms with Crippen LogP contribution in [0.25, 0.3) is 0 Å². The largest absolute Gasteiger partial charge is 0.356 e. The van der Waals surface area contributed by atoms with E-state index < -0.39 is 0 Å². The standard InChI is InChI=1S/C15H30N2O/c1-11(8-9-16)6-7-13(18)17-10-12-14(2,3)15(12,4)5/h11-12H,6-10,16H2,1-5H3,(H,17,18). The number of carbonyl (C=O) groups excluding carboxylic acids is 1. The number of carbonyl (C=O) groups is 1. The fraction of sp³-hybridized carbons (Fsp3) is 0.933. The molecular formula is C15H30N2O. The molecule has 3 N–H and O–H groups in total. The third-order valence-electron chi connectivity index (χ3n) is 5.35. The molecule has 0 aromatic heterocycles. The first-order chi connectivity index (χ1) is 8.23. The fourth-order valence-electron chi connectivity index (χ4n) is 2.95. The highest BCUT2D eigenvalue weighted by molar-refractivity contribution is 5.75. The third-order valence-corrected chi connectivity index (χ3v) is 5.35. The highest BCUT2D eigenvalue weighted by Gasteiger charge is 2.64. The van der Waals surface area contributed by atoms with Gasteiger partial charge in [0.1, 0.15) is 0 Å². The van der Waals surface area contributed by atoms with E-state index in [-0.39, 0.29) is 5.91 Å². The summed E-state index contributed by atoms with van der Waals surface area (Å²) in [5.41, 5.74) is 6.21. The molecule has 18 heavy (non-hydrogen) atoms. The van der Waals surface area contributed by atoms with Crippen molar-refractivity contribution >= 4 is 5.91 Å². The molecule has 0 radical (unpaired) electrons. The van der Waals surface area contributed by atoms with Gasteiger partial charge in [0.15, 0.2) is 0 Å². The Labute approximate surface area is 112 Å². The second kappa shape index (κ2) is 5.60. The van der Waals surface area contributed by atoms with Gasteiger partial charge in [-0.25, -0.2) is 0 Å². The zero-order valence-electron chi connectivity index (χ0n) is 12.7. The Hall–Kier alpha value is -0.570. The lowest BCUT2D eigenvalue weighted by molar-refractivity contribution is -0.121. The second-order valence-corrected chi connectivity index (χ2v) is 7.02. The number of nitrogens with one attached hydrogen (secondary N) is 1. The lowest BCUT2D eigenvalue weighted by Gasteiger charge is -2.10. The van der Waals surface area contributed by atoms with Crippen LogP contribution in [-0.2, 0) is 4.79 Å². The van der Waals surface area contributed by atoms with E-state index in [2.05, 4.69) is 39.9 Å². The third kappa shape index (κ3) is 3.25. The molecule has 1 unspecified atom stereocenters. The summed E-state index contributed by atoms with van der Waals surface area (Å²) in [5, 5.41) is 3.08. The molecule has 0 spiro atoms. The molecule has 0 aliphatic heterocycles. The Morgan fingerprint density at radius 2 is 1.78 bits per heavy atom. The molecule has 1 aliphatic rings. The van der Waals surface area contributed by atoms with Crippen molar-refractivity contribution < 1.29 is 4.79 Å². The lowest BCUT2D eigenvalue weighted by Crippen LogP contribution is -2.27. The average Bonchev–Trinajstić information content (AvgIpc) is 2.64. The Balaban J connectivity index is 2.19. The predicted octanol–water partition coefficient (Wildman–Crippen LogP) is 2.55. The molecule has 0 saturated heterocycles. The van der Waals surface area contributed by atoms with Crippen LogP contribution in [-0.4, -0.2) is 19.0 Å². The molecule has 1 atom stereocenters. The zero-order chi connectivity index (χ0) is 14.0. The van der Waals surface area contributed by atoms with E-state index in [9.17, 15) is 4.79 Å². The van der Waals surface area contributed by atoms with Crippen molar-refractivity contribution in [2.45, 2.75) is 53.9 Å². The van der Waals surface area contributed by atoms with Crippen molar-refractivity contribution in [3.05, 3.63) is 0 Å². The summed E-state index contributed by atoms with van der Waals surface area (Å²) in [7, 11) is 0. The topological polar surface area (TPSA) is 55.1 Å². The lowest BCUT2D eigenvalue weighted by atomic mass is 10.0. The van der Waals surface area contributed by atoms with Gasteiger partial charge in [0.2, 0.25) is 5.91 Å². The molecule has 0 heterocycles. The summed E-state index contributed by atoms with van der Waals surface area (Å²) in [6.45, 7) is 12.8. The monoisotopic (exact) mass is 254 g/mol. The van der Waals surface area contributed by atoms with Crippen LogP contribution in [0.5, 0.6) is 0 Å². The average molecular weight is 254 g/mol. The van der Waals surface area contributed by atoms with Crippen molar-refractivity contribution in [1.29, 1.82) is 0 Å². The molecule has 1 aliphatic carbocycles. The minimum Gasteiger partial charge on any atom is -0.356 e. The summed E-state index contributed by atoms with van der Waals surface area (Å²) in [5.74, 6) is 1.35. The van der Waals surface area contributed by atoms with Crippen molar-refractivity contribution in [3.8, 4) is 0 Å². The number of nitrogens with two attached hydrogens (primary N) is 1. The van der Waals surface area contributed by atoms with Crippen LogP contribution in [0, 0.1) is 22.7 Å². The first-order valence-corrected chi connectivity index (χ1v) is 7.20. The summed E-state index contributed by atoms with van der Waals surface area (Å²) in [4.78, 5) is 11.8. The molecule has 0 bridgehead atoms. The van der Waals surface area contributed by atoms with E-state index in [1.165, 1.54) is 0 Å². The SMILES string of the molecule is CC(CCN)CCC(=O)NCC1C(C)(C)C1(C)C. The van der Waals surface area contributed by atoms with Crippen molar-refractivity contribution in [2.75, 3.05) is 13.1 Å². The minimum atomic E-state index is 0.192. The fourth-order valence-corrected chi connectivity index (χ4v) is 2.95. The Kier molecular flexibility index (Phi) is 4.82. The first-order valence-electron chi connectivity index (χ1n) is 7.20. The number of hydrogen-bond donors (Lipinski definition) is 2. The van der Waals surface area contributed by atoms with Gasteiger partial charge in [-0.15, -0.1) is 0 Å². The molecular weight excluding hydrogens is 224 g/mol. The van der Waals surface area contributed by atoms with E-state index in [1.54, 1.807) is 0 Å². The Morgan fingerprint density at radius 1 is 1.22 bits per heavy atom. The molecule has 106 valence electrons. The van der Waals surface area contributed by atoms with Crippen molar-refractivity contribution in [2.24, 2.45) is 28.4 Å². The Morgan fingerprint density at radius 3 is 2.22 bits per heavy atom. The summed E-state index contributed by atoms with van der Waals surface area (Å²) in [6, 6.07) is 0. The van der Waals surface area contributed by atoms with Gasteiger partial charge in [-0.2, -0.15) is 0 Å². The molecule has 1 saturated carbocycles. The molecule has 3 nitrogen and oxygen atoms in total. The van der Waals surface area contributed by atoms with E-state index >= 15 is 0 Å². The zero-order valence-corrected chi connectivity index (χ0v) is 12.7. The van der Waals surface area contributed by atoms with Crippen LogP contribution in [0.1, 0.15) is 53.9 Å². The highest BCUT2D eigenvalue weighted by atomic mass is 16.1. The summed E-state index contributed by atoms with van der Waals surface area (Å²) < 4.78 is 0. The van der Waals surface area contributed by atoms with E-state index in [1.807, 2.05) is 0 Å². The van der Waals surface area contributed by atoms with Crippen LogP contribution in [0.2, 0.25) is 0 Å². The number of amides is 1.